The lowest BCUT2D eigenvalue weighted by Crippen LogP contribution is -2.49. The second-order valence-corrected chi connectivity index (χ2v) is 6.50. The zero-order valence-corrected chi connectivity index (χ0v) is 14.7. The van der Waals surface area contributed by atoms with Gasteiger partial charge in [0.1, 0.15) is 0 Å². The molecule has 0 saturated carbocycles. The molecule has 3 rings (SSSR count). The van der Waals surface area contributed by atoms with Crippen LogP contribution < -0.4 is 10.2 Å². The van der Waals surface area contributed by atoms with Gasteiger partial charge in [-0.15, -0.1) is 5.10 Å². The number of amides is 1. The Morgan fingerprint density at radius 1 is 1.32 bits per heavy atom. The van der Waals surface area contributed by atoms with Gasteiger partial charge in [-0.25, -0.2) is 0 Å². The lowest BCUT2D eigenvalue weighted by atomic mass is 10.1. The monoisotopic (exact) mass is 344 g/mol. The first-order valence-corrected chi connectivity index (χ1v) is 8.65. The maximum absolute atomic E-state index is 12.3. The van der Waals surface area contributed by atoms with Crippen LogP contribution in [0.1, 0.15) is 30.8 Å². The van der Waals surface area contributed by atoms with E-state index in [2.05, 4.69) is 39.2 Å². The van der Waals surface area contributed by atoms with Crippen molar-refractivity contribution in [3.05, 3.63) is 30.4 Å². The number of carbonyl (C=O) groups excluding carboxylic acids is 1. The number of rotatable bonds is 6. The number of nitrogens with one attached hydrogen (secondary N) is 1. The minimum Gasteiger partial charge on any atom is -0.459 e. The smallest absolute Gasteiger partial charge is 0.289 e. The molecular formula is C17H24N6O2. The highest BCUT2D eigenvalue weighted by atomic mass is 16.3. The Bertz CT molecular complexity index is 680. The largest absolute Gasteiger partial charge is 0.459 e. The Morgan fingerprint density at radius 3 is 2.80 bits per heavy atom. The summed E-state index contributed by atoms with van der Waals surface area (Å²) in [6.45, 7) is 7.85. The van der Waals surface area contributed by atoms with E-state index in [9.17, 15) is 4.79 Å². The van der Waals surface area contributed by atoms with E-state index in [0.29, 0.717) is 43.8 Å². The molecule has 3 heterocycles. The molecule has 1 fully saturated rings. The van der Waals surface area contributed by atoms with Gasteiger partial charge in [0.05, 0.1) is 12.5 Å². The topological polar surface area (TPSA) is 87.4 Å². The van der Waals surface area contributed by atoms with E-state index >= 15 is 0 Å². The van der Waals surface area contributed by atoms with E-state index in [-0.39, 0.29) is 5.91 Å². The van der Waals surface area contributed by atoms with Crippen molar-refractivity contribution in [1.29, 1.82) is 0 Å². The Balaban J connectivity index is 1.55. The molecule has 8 nitrogen and oxygen atoms in total. The number of hydrogen-bond donors (Lipinski definition) is 1. The van der Waals surface area contributed by atoms with Crippen molar-refractivity contribution in [1.82, 2.24) is 20.1 Å². The Hall–Kier alpha value is -2.64. The number of nitrogens with zero attached hydrogens (tertiary/aromatic N) is 5. The molecular weight excluding hydrogens is 320 g/mol. The van der Waals surface area contributed by atoms with Gasteiger partial charge in [-0.2, -0.15) is 10.1 Å². The summed E-state index contributed by atoms with van der Waals surface area (Å²) in [5.41, 5.74) is 0. The summed E-state index contributed by atoms with van der Waals surface area (Å²) in [7, 11) is 0. The van der Waals surface area contributed by atoms with Crippen LogP contribution >= 0.6 is 0 Å². The fourth-order valence-electron chi connectivity index (χ4n) is 2.69. The van der Waals surface area contributed by atoms with Crippen LogP contribution in [0.2, 0.25) is 0 Å². The summed E-state index contributed by atoms with van der Waals surface area (Å²) in [4.78, 5) is 20.7. The van der Waals surface area contributed by atoms with Gasteiger partial charge >= 0.3 is 0 Å². The third-order valence-electron chi connectivity index (χ3n) is 4.17. The van der Waals surface area contributed by atoms with Gasteiger partial charge in [-0.05, 0) is 24.5 Å². The third kappa shape index (κ3) is 4.46. The van der Waals surface area contributed by atoms with Crippen LogP contribution in [-0.2, 0) is 0 Å². The molecule has 0 aromatic carbocycles. The zero-order chi connectivity index (χ0) is 17.6. The highest BCUT2D eigenvalue weighted by Crippen LogP contribution is 2.15. The summed E-state index contributed by atoms with van der Waals surface area (Å²) in [6, 6.07) is 3.42. The van der Waals surface area contributed by atoms with Crippen molar-refractivity contribution in [3.8, 4) is 0 Å². The van der Waals surface area contributed by atoms with Crippen LogP contribution in [0.3, 0.4) is 0 Å². The fourth-order valence-corrected chi connectivity index (χ4v) is 2.69. The van der Waals surface area contributed by atoms with Gasteiger partial charge in [0, 0.05) is 32.7 Å². The average Bonchev–Trinajstić information content (AvgIpc) is 3.16. The number of aromatic nitrogens is 3. The quantitative estimate of drug-likeness (QED) is 0.856. The highest BCUT2D eigenvalue weighted by Gasteiger charge is 2.24. The summed E-state index contributed by atoms with van der Waals surface area (Å²) in [6.07, 6.45) is 4.24. The molecule has 1 amide bonds. The van der Waals surface area contributed by atoms with Crippen molar-refractivity contribution in [2.75, 3.05) is 42.9 Å². The predicted octanol–water partition coefficient (Wildman–Crippen LogP) is 1.89. The van der Waals surface area contributed by atoms with Crippen molar-refractivity contribution in [3.63, 3.8) is 0 Å². The molecule has 134 valence electrons. The number of furan rings is 1. The Kier molecular flexibility index (Phi) is 5.47. The number of piperazine rings is 1. The summed E-state index contributed by atoms with van der Waals surface area (Å²) in [5, 5.41) is 11.3. The molecule has 2 aromatic heterocycles. The van der Waals surface area contributed by atoms with Gasteiger partial charge in [0.25, 0.3) is 5.91 Å². The zero-order valence-electron chi connectivity index (χ0n) is 14.7. The third-order valence-corrected chi connectivity index (χ3v) is 4.17. The minimum absolute atomic E-state index is 0.0681. The summed E-state index contributed by atoms with van der Waals surface area (Å²) >= 11 is 0. The van der Waals surface area contributed by atoms with Crippen LogP contribution in [0.4, 0.5) is 11.8 Å². The average molecular weight is 344 g/mol. The minimum atomic E-state index is -0.0681. The lowest BCUT2D eigenvalue weighted by molar-refractivity contribution is 0.0714. The standard InChI is InChI=1S/C17H24N6O2/c1-13(2)5-6-18-17-20-15(12-19-21-17)22-7-9-23(10-8-22)16(24)14-4-3-11-25-14/h3-4,11-13H,5-10H2,1-2H3,(H,18,20,21). The Labute approximate surface area is 147 Å². The van der Waals surface area contributed by atoms with Gasteiger partial charge in [0.15, 0.2) is 11.6 Å². The van der Waals surface area contributed by atoms with Crippen LogP contribution in [0.15, 0.2) is 29.0 Å². The van der Waals surface area contributed by atoms with Crippen LogP contribution in [0, 0.1) is 5.92 Å². The molecule has 0 radical (unpaired) electrons. The fraction of sp³-hybridized carbons (Fsp3) is 0.529. The molecule has 0 aliphatic carbocycles. The maximum atomic E-state index is 12.3. The second kappa shape index (κ2) is 7.96. The van der Waals surface area contributed by atoms with Gasteiger partial charge in [0.2, 0.25) is 5.95 Å². The molecule has 1 aliphatic heterocycles. The molecule has 0 unspecified atom stereocenters. The van der Waals surface area contributed by atoms with E-state index in [1.165, 1.54) is 6.26 Å². The molecule has 1 aliphatic rings. The molecule has 0 atom stereocenters. The predicted molar refractivity (Wildman–Crippen MR) is 94.6 cm³/mol. The van der Waals surface area contributed by atoms with E-state index in [4.69, 9.17) is 4.42 Å². The summed E-state index contributed by atoms with van der Waals surface area (Å²) < 4.78 is 5.19. The van der Waals surface area contributed by atoms with E-state index in [1.54, 1.807) is 23.2 Å². The maximum Gasteiger partial charge on any atom is 0.289 e. The lowest BCUT2D eigenvalue weighted by Gasteiger charge is -2.34. The van der Waals surface area contributed by atoms with Gasteiger partial charge in [-0.3, -0.25) is 4.79 Å². The first kappa shape index (κ1) is 17.2. The molecule has 0 spiro atoms. The van der Waals surface area contributed by atoms with E-state index in [0.717, 1.165) is 18.8 Å². The number of anilines is 2. The van der Waals surface area contributed by atoms with Crippen molar-refractivity contribution >= 4 is 17.7 Å². The SMILES string of the molecule is CC(C)CCNc1nncc(N2CCN(C(=O)c3ccco3)CC2)n1. The van der Waals surface area contributed by atoms with Crippen LogP contribution in [0.5, 0.6) is 0 Å². The van der Waals surface area contributed by atoms with Crippen LogP contribution in [-0.4, -0.2) is 58.7 Å². The molecule has 25 heavy (non-hydrogen) atoms. The Morgan fingerprint density at radius 2 is 2.12 bits per heavy atom. The van der Waals surface area contributed by atoms with E-state index in [1.807, 2.05) is 0 Å². The molecule has 2 aromatic rings. The molecule has 1 N–H and O–H groups in total. The van der Waals surface area contributed by atoms with E-state index < -0.39 is 0 Å². The molecule has 8 heteroatoms. The van der Waals surface area contributed by atoms with Gasteiger partial charge in [-0.1, -0.05) is 13.8 Å². The number of hydrogen-bond acceptors (Lipinski definition) is 7. The first-order chi connectivity index (χ1) is 12.1. The first-order valence-electron chi connectivity index (χ1n) is 8.65. The normalized spacial score (nSPS) is 14.8. The van der Waals surface area contributed by atoms with Crippen LogP contribution in [0.25, 0.3) is 0 Å². The van der Waals surface area contributed by atoms with Gasteiger partial charge < -0.3 is 19.5 Å². The number of carbonyl (C=O) groups is 1. The molecule has 1 saturated heterocycles. The molecule has 0 bridgehead atoms. The van der Waals surface area contributed by atoms with Crippen molar-refractivity contribution < 1.29 is 9.21 Å². The second-order valence-electron chi connectivity index (χ2n) is 6.50. The summed E-state index contributed by atoms with van der Waals surface area (Å²) in [5.74, 6) is 2.28. The van der Waals surface area contributed by atoms with Crippen molar-refractivity contribution in [2.24, 2.45) is 5.92 Å². The van der Waals surface area contributed by atoms with Crippen molar-refractivity contribution in [2.45, 2.75) is 20.3 Å². The highest BCUT2D eigenvalue weighted by molar-refractivity contribution is 5.91.